The molecule has 0 unspecified atom stereocenters. The van der Waals surface area contributed by atoms with Crippen molar-refractivity contribution in [3.63, 3.8) is 0 Å². The quantitative estimate of drug-likeness (QED) is 0.874. The number of anilines is 2. The fourth-order valence-corrected chi connectivity index (χ4v) is 1.83. The van der Waals surface area contributed by atoms with Gasteiger partial charge in [0, 0.05) is 36.7 Å². The predicted molar refractivity (Wildman–Crippen MR) is 73.9 cm³/mol. The first-order chi connectivity index (χ1) is 8.85. The molecule has 0 aliphatic rings. The maximum atomic E-state index is 4.42. The van der Waals surface area contributed by atoms with Gasteiger partial charge in [-0.15, -0.1) is 0 Å². The lowest BCUT2D eigenvalue weighted by Crippen LogP contribution is -2.19. The highest BCUT2D eigenvalue weighted by Crippen LogP contribution is 2.20. The van der Waals surface area contributed by atoms with Crippen molar-refractivity contribution in [1.82, 2.24) is 15.3 Å². The lowest BCUT2D eigenvalue weighted by Gasteiger charge is -2.20. The Morgan fingerprint density at radius 3 is 2.33 bits per heavy atom. The van der Waals surface area contributed by atoms with Crippen LogP contribution in [0.2, 0.25) is 0 Å². The SMILES string of the molecule is CCN(c1ccccc1)c1ncc(CNC)cn1. The third-order valence-electron chi connectivity index (χ3n) is 2.70. The molecule has 18 heavy (non-hydrogen) atoms. The molecule has 0 radical (unpaired) electrons. The highest BCUT2D eigenvalue weighted by Gasteiger charge is 2.09. The van der Waals surface area contributed by atoms with E-state index in [1.807, 2.05) is 37.6 Å². The van der Waals surface area contributed by atoms with Gasteiger partial charge in [0.1, 0.15) is 0 Å². The van der Waals surface area contributed by atoms with E-state index in [4.69, 9.17) is 0 Å². The molecule has 0 aliphatic heterocycles. The van der Waals surface area contributed by atoms with E-state index in [1.165, 1.54) is 0 Å². The Bertz CT molecular complexity index is 467. The monoisotopic (exact) mass is 242 g/mol. The molecule has 0 fully saturated rings. The number of para-hydroxylation sites is 1. The highest BCUT2D eigenvalue weighted by molar-refractivity contribution is 5.56. The number of benzene rings is 1. The maximum Gasteiger partial charge on any atom is 0.229 e. The summed E-state index contributed by atoms with van der Waals surface area (Å²) < 4.78 is 0. The fraction of sp³-hybridized carbons (Fsp3) is 0.286. The summed E-state index contributed by atoms with van der Waals surface area (Å²) in [5, 5.41) is 3.08. The van der Waals surface area contributed by atoms with Crippen LogP contribution in [0.1, 0.15) is 12.5 Å². The minimum absolute atomic E-state index is 0.739. The standard InChI is InChI=1S/C14H18N4/c1-3-18(13-7-5-4-6-8-13)14-16-10-12(9-15-2)11-17-14/h4-8,10-11,15H,3,9H2,1-2H3. The molecule has 1 heterocycles. The first-order valence-corrected chi connectivity index (χ1v) is 6.13. The number of hydrogen-bond donors (Lipinski definition) is 1. The molecule has 0 spiro atoms. The molecule has 0 atom stereocenters. The number of nitrogens with one attached hydrogen (secondary N) is 1. The molecule has 94 valence electrons. The number of aromatic nitrogens is 2. The average molecular weight is 242 g/mol. The molecule has 1 aromatic carbocycles. The second kappa shape index (κ2) is 6.12. The summed E-state index contributed by atoms with van der Waals surface area (Å²) in [4.78, 5) is 10.9. The zero-order valence-corrected chi connectivity index (χ0v) is 10.8. The van der Waals surface area contributed by atoms with E-state index >= 15 is 0 Å². The van der Waals surface area contributed by atoms with E-state index in [0.29, 0.717) is 0 Å². The van der Waals surface area contributed by atoms with Crippen LogP contribution in [-0.4, -0.2) is 23.6 Å². The first kappa shape index (κ1) is 12.5. The van der Waals surface area contributed by atoms with E-state index < -0.39 is 0 Å². The van der Waals surface area contributed by atoms with Crippen molar-refractivity contribution >= 4 is 11.6 Å². The molecule has 0 aliphatic carbocycles. The summed E-state index contributed by atoms with van der Waals surface area (Å²) in [5.74, 6) is 0.739. The molecule has 4 heteroatoms. The summed E-state index contributed by atoms with van der Waals surface area (Å²) in [5.41, 5.74) is 2.20. The number of rotatable bonds is 5. The summed E-state index contributed by atoms with van der Waals surface area (Å²) in [6, 6.07) is 10.2. The lowest BCUT2D eigenvalue weighted by atomic mass is 10.3. The molecule has 0 saturated heterocycles. The van der Waals surface area contributed by atoms with Crippen LogP contribution in [0.25, 0.3) is 0 Å². The second-order valence-corrected chi connectivity index (χ2v) is 4.00. The van der Waals surface area contributed by atoms with Crippen LogP contribution in [0.3, 0.4) is 0 Å². The molecule has 2 aromatic rings. The molecule has 4 nitrogen and oxygen atoms in total. The number of hydrogen-bond acceptors (Lipinski definition) is 4. The van der Waals surface area contributed by atoms with Gasteiger partial charge in [0.2, 0.25) is 5.95 Å². The third-order valence-corrected chi connectivity index (χ3v) is 2.70. The van der Waals surface area contributed by atoms with Crippen molar-refractivity contribution in [1.29, 1.82) is 0 Å². The Labute approximate surface area is 108 Å². The molecule has 0 saturated carbocycles. The van der Waals surface area contributed by atoms with Crippen LogP contribution in [0.4, 0.5) is 11.6 Å². The Morgan fingerprint density at radius 2 is 1.78 bits per heavy atom. The number of nitrogens with zero attached hydrogens (tertiary/aromatic N) is 3. The Morgan fingerprint density at radius 1 is 1.11 bits per heavy atom. The van der Waals surface area contributed by atoms with Gasteiger partial charge in [-0.3, -0.25) is 0 Å². The van der Waals surface area contributed by atoms with Crippen LogP contribution in [0.15, 0.2) is 42.7 Å². The smallest absolute Gasteiger partial charge is 0.229 e. The van der Waals surface area contributed by atoms with Crippen molar-refractivity contribution in [3.8, 4) is 0 Å². The van der Waals surface area contributed by atoms with Crippen molar-refractivity contribution < 1.29 is 0 Å². The molecule has 2 rings (SSSR count). The van der Waals surface area contributed by atoms with E-state index in [2.05, 4.69) is 39.2 Å². The minimum Gasteiger partial charge on any atom is -0.316 e. The van der Waals surface area contributed by atoms with E-state index in [-0.39, 0.29) is 0 Å². The zero-order valence-electron chi connectivity index (χ0n) is 10.8. The topological polar surface area (TPSA) is 41.1 Å². The van der Waals surface area contributed by atoms with E-state index in [1.54, 1.807) is 0 Å². The van der Waals surface area contributed by atoms with Crippen molar-refractivity contribution in [2.45, 2.75) is 13.5 Å². The second-order valence-electron chi connectivity index (χ2n) is 4.00. The summed E-state index contributed by atoms with van der Waals surface area (Å²) in [6.07, 6.45) is 3.73. The van der Waals surface area contributed by atoms with E-state index in [9.17, 15) is 0 Å². The van der Waals surface area contributed by atoms with Crippen LogP contribution in [0, 0.1) is 0 Å². The van der Waals surface area contributed by atoms with Gasteiger partial charge in [-0.05, 0) is 26.1 Å². The van der Waals surface area contributed by atoms with Gasteiger partial charge < -0.3 is 10.2 Å². The van der Waals surface area contributed by atoms with Crippen LogP contribution < -0.4 is 10.2 Å². The fourth-order valence-electron chi connectivity index (χ4n) is 1.83. The molecule has 0 bridgehead atoms. The van der Waals surface area contributed by atoms with Crippen molar-refractivity contribution in [2.75, 3.05) is 18.5 Å². The third kappa shape index (κ3) is 2.84. The highest BCUT2D eigenvalue weighted by atomic mass is 15.2. The van der Waals surface area contributed by atoms with Crippen LogP contribution in [0.5, 0.6) is 0 Å². The Kier molecular flexibility index (Phi) is 4.25. The van der Waals surface area contributed by atoms with Gasteiger partial charge in [0.15, 0.2) is 0 Å². The largest absolute Gasteiger partial charge is 0.316 e. The maximum absolute atomic E-state index is 4.42. The average Bonchev–Trinajstić information content (AvgIpc) is 2.43. The van der Waals surface area contributed by atoms with Gasteiger partial charge in [0.05, 0.1) is 0 Å². The predicted octanol–water partition coefficient (Wildman–Crippen LogP) is 2.35. The van der Waals surface area contributed by atoms with Crippen LogP contribution in [-0.2, 0) is 6.54 Å². The minimum atomic E-state index is 0.739. The normalized spacial score (nSPS) is 10.3. The van der Waals surface area contributed by atoms with Gasteiger partial charge in [0.25, 0.3) is 0 Å². The lowest BCUT2D eigenvalue weighted by molar-refractivity contribution is 0.803. The Balaban J connectivity index is 2.23. The molecular weight excluding hydrogens is 224 g/mol. The van der Waals surface area contributed by atoms with Gasteiger partial charge in [-0.25, -0.2) is 9.97 Å². The molecule has 0 amide bonds. The zero-order chi connectivity index (χ0) is 12.8. The molecule has 1 aromatic heterocycles. The molecular formula is C14H18N4. The van der Waals surface area contributed by atoms with Gasteiger partial charge in [-0.1, -0.05) is 18.2 Å². The Hall–Kier alpha value is -1.94. The van der Waals surface area contributed by atoms with Crippen molar-refractivity contribution in [3.05, 3.63) is 48.3 Å². The van der Waals surface area contributed by atoms with Gasteiger partial charge >= 0.3 is 0 Å². The van der Waals surface area contributed by atoms with Crippen molar-refractivity contribution in [2.24, 2.45) is 0 Å². The summed E-state index contributed by atoms with van der Waals surface area (Å²) >= 11 is 0. The first-order valence-electron chi connectivity index (χ1n) is 6.13. The summed E-state index contributed by atoms with van der Waals surface area (Å²) in [7, 11) is 1.91. The van der Waals surface area contributed by atoms with Crippen LogP contribution >= 0.6 is 0 Å². The summed E-state index contributed by atoms with van der Waals surface area (Å²) in [6.45, 7) is 3.73. The van der Waals surface area contributed by atoms with E-state index in [0.717, 1.165) is 30.3 Å². The van der Waals surface area contributed by atoms with Gasteiger partial charge in [-0.2, -0.15) is 0 Å². The molecule has 1 N–H and O–H groups in total.